The summed E-state index contributed by atoms with van der Waals surface area (Å²) in [4.78, 5) is 0. The van der Waals surface area contributed by atoms with E-state index in [-0.39, 0.29) is 18.6 Å². The van der Waals surface area contributed by atoms with E-state index in [1.165, 1.54) is 0 Å². The summed E-state index contributed by atoms with van der Waals surface area (Å²) in [5.41, 5.74) is 0. The molecular weight excluding hydrogens is 231 g/mol. The van der Waals surface area contributed by atoms with E-state index < -0.39 is 12.6 Å². The zero-order chi connectivity index (χ0) is 12.7. The Bertz CT molecular complexity index is 202. The van der Waals surface area contributed by atoms with Crippen LogP contribution < -0.4 is 5.32 Å². The minimum atomic E-state index is -4.07. The Labute approximate surface area is 101 Å². The molecule has 0 radical (unpaired) electrons. The van der Waals surface area contributed by atoms with Gasteiger partial charge in [-0.3, -0.25) is 0 Å². The van der Waals surface area contributed by atoms with Crippen LogP contribution in [-0.4, -0.2) is 31.5 Å². The normalized spacial score (nSPS) is 23.6. The van der Waals surface area contributed by atoms with Crippen molar-refractivity contribution in [3.63, 3.8) is 0 Å². The molecule has 0 saturated carbocycles. The van der Waals surface area contributed by atoms with Crippen molar-refractivity contribution in [1.82, 2.24) is 5.32 Å². The van der Waals surface area contributed by atoms with E-state index in [9.17, 15) is 13.2 Å². The second kappa shape index (κ2) is 7.21. The van der Waals surface area contributed by atoms with Gasteiger partial charge in [-0.15, -0.1) is 0 Å². The Morgan fingerprint density at radius 3 is 2.65 bits per heavy atom. The van der Waals surface area contributed by atoms with E-state index in [0.29, 0.717) is 6.61 Å². The van der Waals surface area contributed by atoms with Crippen LogP contribution in [0.2, 0.25) is 0 Å². The predicted octanol–water partition coefficient (Wildman–Crippen LogP) is 3.27. The molecule has 1 heterocycles. The first-order chi connectivity index (χ1) is 8.03. The maximum absolute atomic E-state index is 12.2. The summed E-state index contributed by atoms with van der Waals surface area (Å²) >= 11 is 0. The molecule has 0 bridgehead atoms. The quantitative estimate of drug-likeness (QED) is 0.784. The third-order valence-electron chi connectivity index (χ3n) is 3.06. The third-order valence-corrected chi connectivity index (χ3v) is 3.06. The maximum Gasteiger partial charge on any atom is 0.389 e. The summed E-state index contributed by atoms with van der Waals surface area (Å²) in [6, 6.07) is -0.156. The second-order valence-electron chi connectivity index (χ2n) is 4.62. The summed E-state index contributed by atoms with van der Waals surface area (Å²) < 4.78 is 42.3. The van der Waals surface area contributed by atoms with Crippen molar-refractivity contribution in [1.29, 1.82) is 0 Å². The van der Waals surface area contributed by atoms with E-state index in [2.05, 4.69) is 5.32 Å². The van der Waals surface area contributed by atoms with Gasteiger partial charge in [0.1, 0.15) is 0 Å². The van der Waals surface area contributed by atoms with Gasteiger partial charge in [0.25, 0.3) is 0 Å². The van der Waals surface area contributed by atoms with Crippen molar-refractivity contribution in [3.8, 4) is 0 Å². The van der Waals surface area contributed by atoms with Crippen LogP contribution in [0.1, 0.15) is 45.4 Å². The van der Waals surface area contributed by atoms with Crippen LogP contribution in [0, 0.1) is 0 Å². The lowest BCUT2D eigenvalue weighted by Crippen LogP contribution is -2.43. The second-order valence-corrected chi connectivity index (χ2v) is 4.62. The summed E-state index contributed by atoms with van der Waals surface area (Å²) in [7, 11) is 0. The number of nitrogens with one attached hydrogen (secondary N) is 1. The number of rotatable bonds is 6. The molecule has 102 valence electrons. The van der Waals surface area contributed by atoms with E-state index in [0.717, 1.165) is 32.2 Å². The van der Waals surface area contributed by atoms with Gasteiger partial charge < -0.3 is 10.1 Å². The molecule has 0 aromatic carbocycles. The van der Waals surface area contributed by atoms with Crippen molar-refractivity contribution >= 4 is 0 Å². The third kappa shape index (κ3) is 6.27. The zero-order valence-corrected chi connectivity index (χ0v) is 10.4. The number of hydrogen-bond acceptors (Lipinski definition) is 2. The van der Waals surface area contributed by atoms with Crippen LogP contribution in [-0.2, 0) is 4.74 Å². The molecule has 5 heteroatoms. The maximum atomic E-state index is 12.2. The molecule has 0 aliphatic carbocycles. The minimum absolute atomic E-state index is 0.0438. The van der Waals surface area contributed by atoms with E-state index >= 15 is 0 Å². The molecule has 1 rings (SSSR count). The summed E-state index contributed by atoms with van der Waals surface area (Å²) in [6.07, 6.45) is -0.841. The highest BCUT2D eigenvalue weighted by Gasteiger charge is 2.31. The first-order valence-corrected chi connectivity index (χ1v) is 6.44. The summed E-state index contributed by atoms with van der Waals surface area (Å²) in [5.74, 6) is 0. The van der Waals surface area contributed by atoms with Gasteiger partial charge in [-0.05, 0) is 38.6 Å². The van der Waals surface area contributed by atoms with E-state index in [1.807, 2.05) is 6.92 Å². The fourth-order valence-corrected chi connectivity index (χ4v) is 2.15. The van der Waals surface area contributed by atoms with Crippen LogP contribution in [0.5, 0.6) is 0 Å². The highest BCUT2D eigenvalue weighted by molar-refractivity contribution is 4.80. The lowest BCUT2D eigenvalue weighted by molar-refractivity contribution is -0.139. The van der Waals surface area contributed by atoms with Gasteiger partial charge in [0.15, 0.2) is 0 Å². The van der Waals surface area contributed by atoms with Crippen molar-refractivity contribution in [3.05, 3.63) is 0 Å². The molecular formula is C12H22F3NO. The van der Waals surface area contributed by atoms with Gasteiger partial charge in [0.05, 0.1) is 6.10 Å². The van der Waals surface area contributed by atoms with Gasteiger partial charge in [-0.25, -0.2) is 0 Å². The molecule has 17 heavy (non-hydrogen) atoms. The standard InChI is InChI=1S/C12H22F3NO/c1-2-8-16-10(6-7-12(13,14)15)11-5-3-4-9-17-11/h10-11,16H,2-9H2,1H3. The van der Waals surface area contributed by atoms with Crippen molar-refractivity contribution < 1.29 is 17.9 Å². The van der Waals surface area contributed by atoms with Gasteiger partial charge in [0.2, 0.25) is 0 Å². The molecule has 0 aromatic heterocycles. The van der Waals surface area contributed by atoms with Crippen LogP contribution in [0.3, 0.4) is 0 Å². The first kappa shape index (κ1) is 14.8. The highest BCUT2D eigenvalue weighted by Crippen LogP contribution is 2.25. The lowest BCUT2D eigenvalue weighted by atomic mass is 9.98. The smallest absolute Gasteiger partial charge is 0.377 e. The largest absolute Gasteiger partial charge is 0.389 e. The molecule has 1 aliphatic rings. The average molecular weight is 253 g/mol. The first-order valence-electron chi connectivity index (χ1n) is 6.44. The van der Waals surface area contributed by atoms with Crippen molar-refractivity contribution in [2.45, 2.75) is 63.8 Å². The van der Waals surface area contributed by atoms with Crippen LogP contribution >= 0.6 is 0 Å². The number of ether oxygens (including phenoxy) is 1. The lowest BCUT2D eigenvalue weighted by Gasteiger charge is -2.31. The molecule has 2 unspecified atom stereocenters. The number of halogens is 3. The topological polar surface area (TPSA) is 21.3 Å². The Hall–Kier alpha value is -0.290. The van der Waals surface area contributed by atoms with Gasteiger partial charge >= 0.3 is 6.18 Å². The Morgan fingerprint density at radius 1 is 1.35 bits per heavy atom. The molecule has 1 fully saturated rings. The van der Waals surface area contributed by atoms with E-state index in [1.54, 1.807) is 0 Å². The van der Waals surface area contributed by atoms with E-state index in [4.69, 9.17) is 4.74 Å². The Balaban J connectivity index is 2.40. The highest BCUT2D eigenvalue weighted by atomic mass is 19.4. The van der Waals surface area contributed by atoms with Gasteiger partial charge in [0, 0.05) is 19.1 Å². The van der Waals surface area contributed by atoms with Crippen LogP contribution in [0.25, 0.3) is 0 Å². The predicted molar refractivity (Wildman–Crippen MR) is 61.0 cm³/mol. The molecule has 1 saturated heterocycles. The molecule has 2 nitrogen and oxygen atoms in total. The Kier molecular flexibility index (Phi) is 6.27. The van der Waals surface area contributed by atoms with Crippen LogP contribution in [0.4, 0.5) is 13.2 Å². The van der Waals surface area contributed by atoms with Crippen LogP contribution in [0.15, 0.2) is 0 Å². The summed E-state index contributed by atoms with van der Waals surface area (Å²) in [5, 5.41) is 3.19. The number of hydrogen-bond donors (Lipinski definition) is 1. The fraction of sp³-hybridized carbons (Fsp3) is 1.00. The summed E-state index contributed by atoms with van der Waals surface area (Å²) in [6.45, 7) is 3.44. The molecule has 0 spiro atoms. The molecule has 0 amide bonds. The van der Waals surface area contributed by atoms with Gasteiger partial charge in [-0.2, -0.15) is 13.2 Å². The number of alkyl halides is 3. The molecule has 2 atom stereocenters. The molecule has 1 N–H and O–H groups in total. The zero-order valence-electron chi connectivity index (χ0n) is 10.4. The monoisotopic (exact) mass is 253 g/mol. The van der Waals surface area contributed by atoms with Crippen molar-refractivity contribution in [2.75, 3.05) is 13.2 Å². The molecule has 0 aromatic rings. The van der Waals surface area contributed by atoms with Crippen molar-refractivity contribution in [2.24, 2.45) is 0 Å². The SMILES string of the molecule is CCCNC(CCC(F)(F)F)C1CCCCO1. The minimum Gasteiger partial charge on any atom is -0.377 e. The average Bonchev–Trinajstić information content (AvgIpc) is 2.29. The van der Waals surface area contributed by atoms with Gasteiger partial charge in [-0.1, -0.05) is 6.92 Å². The Morgan fingerprint density at radius 2 is 2.12 bits per heavy atom. The fourth-order valence-electron chi connectivity index (χ4n) is 2.15. The molecule has 1 aliphatic heterocycles.